The molecule has 2 N–H and O–H groups in total. The zero-order chi connectivity index (χ0) is 18.3. The second kappa shape index (κ2) is 6.88. The van der Waals surface area contributed by atoms with Crippen molar-refractivity contribution in [3.05, 3.63) is 67.5 Å². The number of nitrogens with one attached hydrogen (secondary N) is 2. The quantitative estimate of drug-likeness (QED) is 0.216. The maximum Gasteiger partial charge on any atom is 0.307 e. The molecule has 2 aromatic heterocycles. The first kappa shape index (κ1) is 17.3. The van der Waals surface area contributed by atoms with Crippen molar-refractivity contribution in [3.63, 3.8) is 0 Å². The minimum Gasteiger partial charge on any atom is -0.450 e. The smallest absolute Gasteiger partial charge is 0.307 e. The Morgan fingerprint density at radius 3 is 2.96 bits per heavy atom. The van der Waals surface area contributed by atoms with E-state index in [4.69, 9.17) is 4.42 Å². The third kappa shape index (κ3) is 3.16. The van der Waals surface area contributed by atoms with Crippen LogP contribution in [-0.2, 0) is 0 Å². The Bertz CT molecular complexity index is 1180. The summed E-state index contributed by atoms with van der Waals surface area (Å²) in [5, 5.41) is 6.02. The van der Waals surface area contributed by atoms with E-state index in [1.54, 1.807) is 12.3 Å². The molecular formula is C19H13BrIN3O2. The number of carbonyl (C=O) groups excluding carboxylic acids is 1. The number of aromatic nitrogens is 1. The number of benzene rings is 2. The summed E-state index contributed by atoms with van der Waals surface area (Å²) in [7, 11) is 0. The van der Waals surface area contributed by atoms with Crippen molar-refractivity contribution in [2.45, 2.75) is 6.92 Å². The van der Waals surface area contributed by atoms with Crippen molar-refractivity contribution >= 4 is 72.5 Å². The maximum atomic E-state index is 12.3. The molecule has 0 spiro atoms. The number of hydrogen-bond donors (Lipinski definition) is 2. The van der Waals surface area contributed by atoms with E-state index in [-0.39, 0.29) is 11.7 Å². The summed E-state index contributed by atoms with van der Waals surface area (Å²) in [6.45, 7) is 1.97. The van der Waals surface area contributed by atoms with Crippen LogP contribution in [0, 0.1) is 10.5 Å². The van der Waals surface area contributed by atoms with Gasteiger partial charge in [-0.2, -0.15) is 5.10 Å². The van der Waals surface area contributed by atoms with Gasteiger partial charge in [0.05, 0.1) is 9.78 Å². The lowest BCUT2D eigenvalue weighted by atomic mass is 10.1. The van der Waals surface area contributed by atoms with Crippen LogP contribution in [0.5, 0.6) is 0 Å². The highest BCUT2D eigenvalue weighted by Gasteiger charge is 2.14. The largest absolute Gasteiger partial charge is 0.450 e. The number of hydrazone groups is 1. The van der Waals surface area contributed by atoms with Crippen molar-refractivity contribution in [1.29, 1.82) is 0 Å². The summed E-state index contributed by atoms with van der Waals surface area (Å²) in [5.74, 6) is -0.161. The van der Waals surface area contributed by atoms with Gasteiger partial charge in [0.15, 0.2) is 5.76 Å². The van der Waals surface area contributed by atoms with Crippen molar-refractivity contribution in [2.24, 2.45) is 5.10 Å². The van der Waals surface area contributed by atoms with Gasteiger partial charge in [-0.15, -0.1) is 0 Å². The van der Waals surface area contributed by atoms with Crippen molar-refractivity contribution in [1.82, 2.24) is 10.4 Å². The molecule has 2 aromatic carbocycles. The molecule has 0 atom stereocenters. The van der Waals surface area contributed by atoms with Gasteiger partial charge in [0.25, 0.3) is 0 Å². The van der Waals surface area contributed by atoms with Crippen LogP contribution in [0.15, 0.2) is 56.5 Å². The highest BCUT2D eigenvalue weighted by atomic mass is 127. The molecule has 0 aliphatic rings. The molecule has 0 aliphatic heterocycles. The lowest BCUT2D eigenvalue weighted by molar-refractivity contribution is 0.0929. The molecule has 26 heavy (non-hydrogen) atoms. The predicted molar refractivity (Wildman–Crippen MR) is 115 cm³/mol. The second-order valence-electron chi connectivity index (χ2n) is 5.82. The average molecular weight is 522 g/mol. The number of aromatic amines is 1. The molecule has 0 fully saturated rings. The second-order valence-corrected chi connectivity index (χ2v) is 7.90. The molecule has 7 heteroatoms. The van der Waals surface area contributed by atoms with Crippen LogP contribution in [0.2, 0.25) is 0 Å². The van der Waals surface area contributed by atoms with Crippen LogP contribution in [0.1, 0.15) is 21.8 Å². The molecule has 2 heterocycles. The first-order chi connectivity index (χ1) is 12.5. The monoisotopic (exact) mass is 521 g/mol. The normalized spacial score (nSPS) is 11.7. The van der Waals surface area contributed by atoms with Crippen molar-refractivity contribution in [3.8, 4) is 0 Å². The van der Waals surface area contributed by atoms with E-state index in [1.165, 1.54) is 0 Å². The third-order valence-corrected chi connectivity index (χ3v) is 5.32. The van der Waals surface area contributed by atoms with Crippen LogP contribution in [0.3, 0.4) is 0 Å². The van der Waals surface area contributed by atoms with E-state index >= 15 is 0 Å². The van der Waals surface area contributed by atoms with Gasteiger partial charge in [-0.1, -0.05) is 34.1 Å². The molecule has 0 saturated carbocycles. The molecule has 130 valence electrons. The van der Waals surface area contributed by atoms with Gasteiger partial charge in [-0.05, 0) is 53.8 Å². The molecule has 0 aliphatic carbocycles. The third-order valence-electron chi connectivity index (χ3n) is 4.06. The fourth-order valence-corrected chi connectivity index (χ4v) is 4.52. The van der Waals surface area contributed by atoms with Crippen molar-refractivity contribution in [2.75, 3.05) is 0 Å². The number of aryl methyl sites for hydroxylation is 1. The fraction of sp³-hybridized carbons (Fsp3) is 0.0526. The molecule has 0 bridgehead atoms. The Morgan fingerprint density at radius 1 is 1.31 bits per heavy atom. The SMILES string of the molecule is Cc1[nH]c2ccccc2c1/C=N\NC(=O)c1cc2cc(Br)cc(I)c2o1. The zero-order valence-electron chi connectivity index (χ0n) is 13.6. The summed E-state index contributed by atoms with van der Waals surface area (Å²) in [5.41, 5.74) is 6.20. The molecular weight excluding hydrogens is 509 g/mol. The summed E-state index contributed by atoms with van der Waals surface area (Å²) < 4.78 is 7.55. The van der Waals surface area contributed by atoms with Gasteiger partial charge < -0.3 is 9.40 Å². The van der Waals surface area contributed by atoms with Crippen LogP contribution < -0.4 is 5.43 Å². The van der Waals surface area contributed by atoms with E-state index in [2.05, 4.69) is 54.0 Å². The lowest BCUT2D eigenvalue weighted by Crippen LogP contribution is -2.16. The average Bonchev–Trinajstić information content (AvgIpc) is 3.16. The molecule has 5 nitrogen and oxygen atoms in total. The summed E-state index contributed by atoms with van der Waals surface area (Å²) in [6, 6.07) is 13.5. The van der Waals surface area contributed by atoms with E-state index in [0.29, 0.717) is 5.58 Å². The Hall–Kier alpha value is -2.13. The number of rotatable bonds is 3. The van der Waals surface area contributed by atoms with Crippen LogP contribution in [0.25, 0.3) is 21.9 Å². The maximum absolute atomic E-state index is 12.3. The highest BCUT2D eigenvalue weighted by Crippen LogP contribution is 2.28. The molecule has 0 radical (unpaired) electrons. The standard InChI is InChI=1S/C19H13BrIN3O2/c1-10-14(13-4-2-3-5-16(13)23-10)9-22-24-19(25)17-7-11-6-12(20)8-15(21)18(11)26-17/h2-9,23H,1H3,(H,24,25)/b22-9-. The van der Waals surface area contributed by atoms with E-state index in [1.807, 2.05) is 43.3 Å². The van der Waals surface area contributed by atoms with Crippen LogP contribution in [-0.4, -0.2) is 17.1 Å². The van der Waals surface area contributed by atoms with E-state index < -0.39 is 0 Å². The topological polar surface area (TPSA) is 70.4 Å². The minimum absolute atomic E-state index is 0.226. The summed E-state index contributed by atoms with van der Waals surface area (Å²) in [4.78, 5) is 15.6. The summed E-state index contributed by atoms with van der Waals surface area (Å²) in [6.07, 6.45) is 1.65. The number of fused-ring (bicyclic) bond motifs is 2. The van der Waals surface area contributed by atoms with Gasteiger partial charge in [-0.3, -0.25) is 4.79 Å². The molecule has 4 aromatic rings. The van der Waals surface area contributed by atoms with Crippen molar-refractivity contribution < 1.29 is 9.21 Å². The fourth-order valence-electron chi connectivity index (χ4n) is 2.86. The first-order valence-electron chi connectivity index (χ1n) is 7.82. The number of nitrogens with zero attached hydrogens (tertiary/aromatic N) is 1. The zero-order valence-corrected chi connectivity index (χ0v) is 17.4. The first-order valence-corrected chi connectivity index (χ1v) is 9.69. The number of carbonyl (C=O) groups is 1. The molecule has 4 rings (SSSR count). The Labute approximate surface area is 171 Å². The number of para-hydroxylation sites is 1. The number of furan rings is 1. The molecule has 0 unspecified atom stereocenters. The van der Waals surface area contributed by atoms with Gasteiger partial charge in [0, 0.05) is 32.0 Å². The van der Waals surface area contributed by atoms with Gasteiger partial charge >= 0.3 is 5.91 Å². The number of halogens is 2. The number of amides is 1. The Morgan fingerprint density at radius 2 is 2.12 bits per heavy atom. The lowest BCUT2D eigenvalue weighted by Gasteiger charge is -1.96. The predicted octanol–water partition coefficient (Wildman–Crippen LogP) is 5.35. The number of hydrogen-bond acceptors (Lipinski definition) is 3. The molecule has 1 amide bonds. The van der Waals surface area contributed by atoms with Crippen LogP contribution >= 0.6 is 38.5 Å². The van der Waals surface area contributed by atoms with Gasteiger partial charge in [0.1, 0.15) is 5.58 Å². The van der Waals surface area contributed by atoms with Gasteiger partial charge in [0.2, 0.25) is 0 Å². The highest BCUT2D eigenvalue weighted by molar-refractivity contribution is 14.1. The minimum atomic E-state index is -0.387. The van der Waals surface area contributed by atoms with Crippen LogP contribution in [0.4, 0.5) is 0 Å². The van der Waals surface area contributed by atoms with E-state index in [0.717, 1.165) is 35.6 Å². The van der Waals surface area contributed by atoms with E-state index in [9.17, 15) is 4.79 Å². The Balaban J connectivity index is 1.58. The van der Waals surface area contributed by atoms with Gasteiger partial charge in [-0.25, -0.2) is 5.43 Å². The molecule has 0 saturated heterocycles. The number of H-pyrrole nitrogens is 1. The summed E-state index contributed by atoms with van der Waals surface area (Å²) >= 11 is 5.63. The Kier molecular flexibility index (Phi) is 4.58.